The summed E-state index contributed by atoms with van der Waals surface area (Å²) in [4.78, 5) is 90.8. The number of nitrogens with zero attached hydrogens (tertiary/aromatic N) is 9. The number of benzene rings is 4. The van der Waals surface area contributed by atoms with E-state index in [-0.39, 0.29) is 172 Å². The molecule has 0 saturated heterocycles. The fourth-order valence-corrected chi connectivity index (χ4v) is 10.2. The van der Waals surface area contributed by atoms with Crippen LogP contribution in [0.1, 0.15) is 71.6 Å². The van der Waals surface area contributed by atoms with E-state index in [4.69, 9.17) is 56.8 Å². The quantitative estimate of drug-likeness (QED) is 0.0234. The molecule has 1 aliphatic rings. The number of aryl methyl sites for hydroxylation is 2. The number of ether oxygens (including phenoxy) is 12. The van der Waals surface area contributed by atoms with Gasteiger partial charge in [0.15, 0.2) is 11.6 Å². The standard InChI is InChI=1S/C77H103N15O19/c1-58-84-88-76(89-85-58)64-15-11-60(12-16-64)53-73(97)81-29-37-104-43-48-107-46-40-102-35-27-79-70(94)23-32-110-56-67(57-111-33-24-71(95)80-28-36-103-41-47-108-49-44-105-38-30-82-74(98)54-61-13-17-65(18-14-61)77-90-86-59(2)87-91-77)83-72(96)25-31-100-39-45-106-51-52-109-50-42-101-34-26-78-69(93)21-22-75(99)92-55-66-9-4-3-7-62(66)19-20-63-8-5-6-10-68(63)92/h3-18,67H,21-57H2,1-2H3,(H,78,93)(H,79,94)(H,80,95)(H,81,97)(H,82,98)(H,83,96). The number of fused-ring (bicyclic) bond motifs is 2. The summed E-state index contributed by atoms with van der Waals surface area (Å²) >= 11 is 0. The van der Waals surface area contributed by atoms with Crippen molar-refractivity contribution in [2.75, 3.05) is 196 Å². The van der Waals surface area contributed by atoms with Gasteiger partial charge in [-0.3, -0.25) is 33.6 Å². The second-order valence-electron chi connectivity index (χ2n) is 24.7. The highest BCUT2D eigenvalue weighted by Crippen LogP contribution is 2.26. The Hall–Kier alpha value is -9.87. The summed E-state index contributed by atoms with van der Waals surface area (Å²) in [6.45, 7) is 11.5. The number of anilines is 1. The van der Waals surface area contributed by atoms with E-state index in [1.807, 2.05) is 97.1 Å². The lowest BCUT2D eigenvalue weighted by Crippen LogP contribution is -2.42. The summed E-state index contributed by atoms with van der Waals surface area (Å²) in [6, 6.07) is 29.3. The largest absolute Gasteiger partial charge is 0.379 e. The van der Waals surface area contributed by atoms with Crippen LogP contribution < -0.4 is 36.8 Å². The molecule has 6 N–H and O–H groups in total. The third-order valence-electron chi connectivity index (χ3n) is 15.9. The van der Waals surface area contributed by atoms with Gasteiger partial charge in [0.25, 0.3) is 0 Å². The third kappa shape index (κ3) is 38.6. The van der Waals surface area contributed by atoms with Gasteiger partial charge in [-0.05, 0) is 48.7 Å². The SMILES string of the molecule is Cc1nnc(-c2ccc(CC(=O)NCCOCCOCCOCCNC(=O)CCOCC(COCCC(=O)NCCOCCOCCOCCNC(=O)Cc3ccc(-c4nnc(C)nn4)cc3)NC(=O)CCOCCOCCOCCOCCNC(=O)CCC(=O)N3Cc4ccccc4C#Cc4ccccc43)cc2)nn1. The number of para-hydroxylation sites is 1. The molecule has 0 bridgehead atoms. The fourth-order valence-electron chi connectivity index (χ4n) is 10.2. The summed E-state index contributed by atoms with van der Waals surface area (Å²) in [5, 5.41) is 48.8. The Kier molecular flexibility index (Phi) is 43.5. The molecule has 111 heavy (non-hydrogen) atoms. The average molecular weight is 1540 g/mol. The molecule has 3 heterocycles. The van der Waals surface area contributed by atoms with Crippen LogP contribution in [0.15, 0.2) is 97.1 Å². The zero-order chi connectivity index (χ0) is 78.4. The summed E-state index contributed by atoms with van der Waals surface area (Å²) in [6.07, 6.45) is 0.647. The van der Waals surface area contributed by atoms with Crippen LogP contribution in [0.5, 0.6) is 0 Å². The van der Waals surface area contributed by atoms with Crippen molar-refractivity contribution in [2.24, 2.45) is 0 Å². The van der Waals surface area contributed by atoms with Crippen molar-refractivity contribution >= 4 is 47.0 Å². The highest BCUT2D eigenvalue weighted by molar-refractivity contribution is 5.97. The van der Waals surface area contributed by atoms with Gasteiger partial charge in [-0.15, -0.1) is 40.8 Å². The molecule has 0 aliphatic carbocycles. The van der Waals surface area contributed by atoms with Gasteiger partial charge in [-0.25, -0.2) is 0 Å². The number of aromatic nitrogens is 8. The van der Waals surface area contributed by atoms with E-state index in [1.165, 1.54) is 0 Å². The molecule has 6 aromatic rings. The van der Waals surface area contributed by atoms with Crippen LogP contribution in [0.25, 0.3) is 22.8 Å². The number of carbonyl (C=O) groups is 7. The van der Waals surface area contributed by atoms with Crippen LogP contribution in [0, 0.1) is 25.7 Å². The Morgan fingerprint density at radius 2 is 0.685 bits per heavy atom. The molecular weight excluding hydrogens is 1440 g/mol. The first-order chi connectivity index (χ1) is 54.3. The molecule has 600 valence electrons. The number of carbonyl (C=O) groups excluding carboxylic acids is 7. The van der Waals surface area contributed by atoms with Crippen LogP contribution in [-0.2, 0) is 110 Å². The van der Waals surface area contributed by atoms with E-state index in [2.05, 4.69) is 84.5 Å². The minimum absolute atomic E-state index is 0.0280. The van der Waals surface area contributed by atoms with Gasteiger partial charge < -0.3 is 93.6 Å². The molecule has 0 spiro atoms. The molecule has 7 rings (SSSR count). The molecule has 1 aliphatic heterocycles. The highest BCUT2D eigenvalue weighted by atomic mass is 16.6. The Morgan fingerprint density at radius 1 is 0.351 bits per heavy atom. The Labute approximate surface area is 646 Å². The van der Waals surface area contributed by atoms with Crippen LogP contribution in [0.2, 0.25) is 0 Å². The maximum absolute atomic E-state index is 13.5. The van der Waals surface area contributed by atoms with E-state index >= 15 is 0 Å². The summed E-state index contributed by atoms with van der Waals surface area (Å²) in [5.74, 6) is 6.68. The summed E-state index contributed by atoms with van der Waals surface area (Å²) < 4.78 is 67.4. The lowest BCUT2D eigenvalue weighted by Gasteiger charge is -2.26. The number of hydrogen-bond donors (Lipinski definition) is 6. The van der Waals surface area contributed by atoms with E-state index < -0.39 is 6.04 Å². The van der Waals surface area contributed by atoms with Gasteiger partial charge in [0.1, 0.15) is 0 Å². The van der Waals surface area contributed by atoms with Crippen LogP contribution in [0.3, 0.4) is 0 Å². The van der Waals surface area contributed by atoms with Gasteiger partial charge in [-0.2, -0.15) is 0 Å². The van der Waals surface area contributed by atoms with Crippen LogP contribution in [-0.4, -0.2) is 279 Å². The van der Waals surface area contributed by atoms with E-state index in [0.29, 0.717) is 135 Å². The first kappa shape index (κ1) is 88.3. The summed E-state index contributed by atoms with van der Waals surface area (Å²) in [5.41, 5.74) is 6.46. The number of amides is 7. The number of nitrogens with one attached hydrogen (secondary N) is 6. The van der Waals surface area contributed by atoms with Crippen molar-refractivity contribution in [3.8, 4) is 34.6 Å². The zero-order valence-corrected chi connectivity index (χ0v) is 63.3. The van der Waals surface area contributed by atoms with Gasteiger partial charge in [0, 0.05) is 87.1 Å². The third-order valence-corrected chi connectivity index (χ3v) is 15.9. The fraction of sp³-hybridized carbons (Fsp3) is 0.519. The molecule has 2 aromatic heterocycles. The zero-order valence-electron chi connectivity index (χ0n) is 63.3. The van der Waals surface area contributed by atoms with Crippen molar-refractivity contribution in [1.82, 2.24) is 72.7 Å². The maximum atomic E-state index is 13.5. The number of rotatable bonds is 59. The predicted octanol–water partition coefficient (Wildman–Crippen LogP) is 1.74. The second kappa shape index (κ2) is 54.7. The van der Waals surface area contributed by atoms with Crippen molar-refractivity contribution < 1.29 is 90.4 Å². The average Bonchev–Trinajstić information content (AvgIpc) is 0.807. The van der Waals surface area contributed by atoms with E-state index in [0.717, 1.165) is 44.6 Å². The van der Waals surface area contributed by atoms with E-state index in [1.54, 1.807) is 18.7 Å². The van der Waals surface area contributed by atoms with Crippen molar-refractivity contribution in [3.05, 3.63) is 137 Å². The van der Waals surface area contributed by atoms with Crippen molar-refractivity contribution in [2.45, 2.75) is 71.4 Å². The van der Waals surface area contributed by atoms with Gasteiger partial charge in [0.05, 0.1) is 190 Å². The van der Waals surface area contributed by atoms with Crippen LogP contribution >= 0.6 is 0 Å². The number of hydrogen-bond acceptors (Lipinski definition) is 27. The molecule has 0 unspecified atom stereocenters. The lowest BCUT2D eigenvalue weighted by molar-refractivity contribution is -0.126. The topological polar surface area (TPSA) is 409 Å². The molecule has 0 atom stereocenters. The molecule has 4 aromatic carbocycles. The highest BCUT2D eigenvalue weighted by Gasteiger charge is 2.23. The minimum Gasteiger partial charge on any atom is -0.379 e. The summed E-state index contributed by atoms with van der Waals surface area (Å²) in [7, 11) is 0. The molecule has 0 saturated carbocycles. The van der Waals surface area contributed by atoms with Crippen molar-refractivity contribution in [1.29, 1.82) is 0 Å². The van der Waals surface area contributed by atoms with Gasteiger partial charge in [0.2, 0.25) is 53.0 Å². The van der Waals surface area contributed by atoms with E-state index in [9.17, 15) is 33.6 Å². The molecule has 0 fully saturated rings. The van der Waals surface area contributed by atoms with Crippen LogP contribution in [0.4, 0.5) is 5.69 Å². The Bertz CT molecular complexity index is 3620. The van der Waals surface area contributed by atoms with Crippen molar-refractivity contribution in [3.63, 3.8) is 0 Å². The maximum Gasteiger partial charge on any atom is 0.227 e. The molecular formula is C77H103N15O19. The first-order valence-electron chi connectivity index (χ1n) is 37.2. The molecule has 0 radical (unpaired) electrons. The first-order valence-corrected chi connectivity index (χ1v) is 37.2. The second-order valence-corrected chi connectivity index (χ2v) is 24.7. The molecule has 34 nitrogen and oxygen atoms in total. The van der Waals surface area contributed by atoms with Gasteiger partial charge >= 0.3 is 0 Å². The Morgan fingerprint density at radius 3 is 1.11 bits per heavy atom. The smallest absolute Gasteiger partial charge is 0.227 e. The molecule has 34 heteroatoms. The lowest BCUT2D eigenvalue weighted by atomic mass is 10.0. The molecule has 7 amide bonds. The normalized spacial score (nSPS) is 11.5. The van der Waals surface area contributed by atoms with Gasteiger partial charge in [-0.1, -0.05) is 90.7 Å². The monoisotopic (exact) mass is 1540 g/mol. The minimum atomic E-state index is -0.606. The Balaban J connectivity index is 0.666. The predicted molar refractivity (Wildman–Crippen MR) is 403 cm³/mol.